The number of nitrogens with one attached hydrogen (secondary N) is 1. The summed E-state index contributed by atoms with van der Waals surface area (Å²) in [5.41, 5.74) is 1.06. The van der Waals surface area contributed by atoms with Crippen LogP contribution in [0, 0.1) is 12.8 Å². The van der Waals surface area contributed by atoms with Crippen molar-refractivity contribution in [3.8, 4) is 0 Å². The third-order valence-electron chi connectivity index (χ3n) is 3.47. The molecule has 1 amide bonds. The van der Waals surface area contributed by atoms with E-state index >= 15 is 0 Å². The van der Waals surface area contributed by atoms with E-state index in [1.54, 1.807) is 0 Å². The molecule has 5 nitrogen and oxygen atoms in total. The van der Waals surface area contributed by atoms with Crippen LogP contribution in [0.15, 0.2) is 0 Å². The highest BCUT2D eigenvalue weighted by molar-refractivity contribution is 7.15. The maximum atomic E-state index is 11.9. The number of aryl methyl sites for hydroxylation is 2. The number of thiazole rings is 1. The lowest BCUT2D eigenvalue weighted by Crippen LogP contribution is -2.31. The molecular formula is C13H21N3O2S. The van der Waals surface area contributed by atoms with Crippen molar-refractivity contribution in [1.29, 1.82) is 0 Å². The van der Waals surface area contributed by atoms with Crippen LogP contribution in [0.4, 0.5) is 5.13 Å². The number of aliphatic hydroxyl groups is 1. The fraction of sp³-hybridized carbons (Fsp3) is 0.692. The third-order valence-corrected chi connectivity index (χ3v) is 4.40. The minimum Gasteiger partial charge on any atom is -0.396 e. The molecule has 0 saturated carbocycles. The molecule has 2 N–H and O–H groups in total. The van der Waals surface area contributed by atoms with Crippen molar-refractivity contribution >= 4 is 22.4 Å². The molecule has 1 fully saturated rings. The molecule has 1 aliphatic heterocycles. The number of aromatic nitrogens is 1. The van der Waals surface area contributed by atoms with Crippen molar-refractivity contribution in [2.24, 2.45) is 5.92 Å². The van der Waals surface area contributed by atoms with Crippen molar-refractivity contribution in [2.45, 2.75) is 26.7 Å². The van der Waals surface area contributed by atoms with Crippen molar-refractivity contribution in [1.82, 2.24) is 9.88 Å². The second kappa shape index (κ2) is 6.45. The molecule has 19 heavy (non-hydrogen) atoms. The Hall–Kier alpha value is -0.980. The van der Waals surface area contributed by atoms with E-state index in [2.05, 4.69) is 22.1 Å². The predicted molar refractivity (Wildman–Crippen MR) is 76.5 cm³/mol. The van der Waals surface area contributed by atoms with Gasteiger partial charge in [-0.1, -0.05) is 6.92 Å². The number of likely N-dealkylation sites (tertiary alicyclic amines) is 1. The van der Waals surface area contributed by atoms with Gasteiger partial charge in [0.1, 0.15) is 0 Å². The van der Waals surface area contributed by atoms with Crippen LogP contribution < -0.4 is 5.32 Å². The molecule has 0 aliphatic carbocycles. The minimum atomic E-state index is -0.0185. The Morgan fingerprint density at radius 3 is 3.00 bits per heavy atom. The van der Waals surface area contributed by atoms with Crippen LogP contribution in [0.25, 0.3) is 0 Å². The van der Waals surface area contributed by atoms with E-state index in [1.165, 1.54) is 16.2 Å². The molecule has 6 heteroatoms. The Morgan fingerprint density at radius 2 is 2.42 bits per heavy atom. The van der Waals surface area contributed by atoms with Gasteiger partial charge in [-0.05, 0) is 32.2 Å². The number of amides is 1. The van der Waals surface area contributed by atoms with Crippen LogP contribution in [-0.2, 0) is 11.2 Å². The minimum absolute atomic E-state index is 0.0185. The first kappa shape index (κ1) is 14.4. The maximum Gasteiger partial charge on any atom is 0.240 e. The first-order valence-corrected chi connectivity index (χ1v) is 7.53. The number of aliphatic hydroxyl groups excluding tert-OH is 1. The van der Waals surface area contributed by atoms with Crippen molar-refractivity contribution in [3.05, 3.63) is 10.6 Å². The molecule has 0 bridgehead atoms. The smallest absolute Gasteiger partial charge is 0.240 e. The van der Waals surface area contributed by atoms with Gasteiger partial charge < -0.3 is 10.4 Å². The quantitative estimate of drug-likeness (QED) is 0.854. The molecule has 1 aromatic heterocycles. The lowest BCUT2D eigenvalue weighted by Gasteiger charge is -2.14. The summed E-state index contributed by atoms with van der Waals surface area (Å²) in [7, 11) is 0. The predicted octanol–water partition coefficient (Wildman–Crippen LogP) is 1.27. The van der Waals surface area contributed by atoms with Crippen LogP contribution in [0.1, 0.15) is 23.9 Å². The second-order valence-corrected chi connectivity index (χ2v) is 6.20. The van der Waals surface area contributed by atoms with E-state index in [4.69, 9.17) is 5.11 Å². The van der Waals surface area contributed by atoms with Crippen LogP contribution in [-0.4, -0.2) is 47.1 Å². The summed E-state index contributed by atoms with van der Waals surface area (Å²) in [6, 6.07) is 0. The van der Waals surface area contributed by atoms with Crippen LogP contribution in [0.5, 0.6) is 0 Å². The van der Waals surface area contributed by atoms with Gasteiger partial charge in [0.15, 0.2) is 5.13 Å². The van der Waals surface area contributed by atoms with Gasteiger partial charge in [-0.3, -0.25) is 9.69 Å². The number of carbonyl (C=O) groups is 1. The first-order valence-electron chi connectivity index (χ1n) is 6.71. The van der Waals surface area contributed by atoms with Crippen molar-refractivity contribution < 1.29 is 9.90 Å². The van der Waals surface area contributed by atoms with E-state index in [0.717, 1.165) is 31.6 Å². The molecule has 1 aliphatic rings. The van der Waals surface area contributed by atoms with E-state index in [0.29, 0.717) is 17.6 Å². The normalized spacial score (nSPS) is 19.8. The standard InChI is InChI=1S/C13H21N3O2S/c1-3-11-9(2)19-13(14-11)15-12(18)7-16-5-4-10(6-16)8-17/h10,17H,3-8H2,1-2H3,(H,14,15,18). The summed E-state index contributed by atoms with van der Waals surface area (Å²) in [4.78, 5) is 19.6. The molecule has 106 valence electrons. The molecule has 0 radical (unpaired) electrons. The van der Waals surface area contributed by atoms with Gasteiger partial charge >= 0.3 is 0 Å². The Kier molecular flexibility index (Phi) is 4.90. The van der Waals surface area contributed by atoms with E-state index in [9.17, 15) is 4.79 Å². The van der Waals surface area contributed by atoms with Gasteiger partial charge in [0, 0.05) is 18.0 Å². The number of anilines is 1. The SMILES string of the molecule is CCc1nc(NC(=O)CN2CCC(CO)C2)sc1C. The highest BCUT2D eigenvalue weighted by atomic mass is 32.1. The molecule has 1 atom stereocenters. The highest BCUT2D eigenvalue weighted by Gasteiger charge is 2.23. The van der Waals surface area contributed by atoms with Gasteiger partial charge in [0.05, 0.1) is 12.2 Å². The zero-order valence-electron chi connectivity index (χ0n) is 11.5. The first-order chi connectivity index (χ1) is 9.12. The average Bonchev–Trinajstić information content (AvgIpc) is 2.95. The van der Waals surface area contributed by atoms with Crippen LogP contribution in [0.3, 0.4) is 0 Å². The lowest BCUT2D eigenvalue weighted by atomic mass is 10.1. The van der Waals surface area contributed by atoms with Crippen molar-refractivity contribution in [3.63, 3.8) is 0 Å². The van der Waals surface area contributed by atoms with E-state index in [-0.39, 0.29) is 12.5 Å². The van der Waals surface area contributed by atoms with E-state index in [1.807, 2.05) is 6.92 Å². The van der Waals surface area contributed by atoms with Gasteiger partial charge in [0.25, 0.3) is 0 Å². The third kappa shape index (κ3) is 3.75. The van der Waals surface area contributed by atoms with Crippen LogP contribution >= 0.6 is 11.3 Å². The van der Waals surface area contributed by atoms with Crippen molar-refractivity contribution in [2.75, 3.05) is 31.6 Å². The number of nitrogens with zero attached hydrogens (tertiary/aromatic N) is 2. The summed E-state index contributed by atoms with van der Waals surface area (Å²) in [6.45, 7) is 6.38. The monoisotopic (exact) mass is 283 g/mol. The summed E-state index contributed by atoms with van der Waals surface area (Å²) in [5, 5.41) is 12.6. The molecule has 1 saturated heterocycles. The molecule has 1 aromatic rings. The van der Waals surface area contributed by atoms with Gasteiger partial charge in [-0.15, -0.1) is 11.3 Å². The number of hydrogen-bond acceptors (Lipinski definition) is 5. The van der Waals surface area contributed by atoms with Gasteiger partial charge in [-0.2, -0.15) is 0 Å². The second-order valence-electron chi connectivity index (χ2n) is 5.00. The fourth-order valence-corrected chi connectivity index (χ4v) is 3.30. The molecule has 0 spiro atoms. The van der Waals surface area contributed by atoms with Gasteiger partial charge in [-0.25, -0.2) is 4.98 Å². The van der Waals surface area contributed by atoms with E-state index < -0.39 is 0 Å². The zero-order valence-corrected chi connectivity index (χ0v) is 12.3. The topological polar surface area (TPSA) is 65.5 Å². The molecule has 1 unspecified atom stereocenters. The molecule has 0 aromatic carbocycles. The molecule has 2 heterocycles. The average molecular weight is 283 g/mol. The Balaban J connectivity index is 1.84. The van der Waals surface area contributed by atoms with Crippen LogP contribution in [0.2, 0.25) is 0 Å². The summed E-state index contributed by atoms with van der Waals surface area (Å²) in [5.74, 6) is 0.302. The zero-order chi connectivity index (χ0) is 13.8. The summed E-state index contributed by atoms with van der Waals surface area (Å²) in [6.07, 6.45) is 1.86. The Bertz CT molecular complexity index is 447. The summed E-state index contributed by atoms with van der Waals surface area (Å²) < 4.78 is 0. The van der Waals surface area contributed by atoms with Gasteiger partial charge in [0.2, 0.25) is 5.91 Å². The Morgan fingerprint density at radius 1 is 1.63 bits per heavy atom. The maximum absolute atomic E-state index is 11.9. The highest BCUT2D eigenvalue weighted by Crippen LogP contribution is 2.22. The molecule has 2 rings (SSSR count). The lowest BCUT2D eigenvalue weighted by molar-refractivity contribution is -0.117. The largest absolute Gasteiger partial charge is 0.396 e. The number of hydrogen-bond donors (Lipinski definition) is 2. The fourth-order valence-electron chi connectivity index (χ4n) is 2.38. The summed E-state index contributed by atoms with van der Waals surface area (Å²) >= 11 is 1.53. The molecular weight excluding hydrogens is 262 g/mol. The number of carbonyl (C=O) groups excluding carboxylic acids is 1. The Labute approximate surface area is 117 Å². The number of rotatable bonds is 5.